The van der Waals surface area contributed by atoms with E-state index >= 15 is 0 Å². The van der Waals surface area contributed by atoms with E-state index in [1.165, 1.54) is 17.4 Å². The Morgan fingerprint density at radius 1 is 1.41 bits per heavy atom. The van der Waals surface area contributed by atoms with Crippen molar-refractivity contribution < 1.29 is 4.79 Å². The van der Waals surface area contributed by atoms with Crippen LogP contribution in [0.1, 0.15) is 15.9 Å². The molecule has 0 unspecified atom stereocenters. The molecule has 0 aromatic carbocycles. The third-order valence-corrected chi connectivity index (χ3v) is 3.50. The number of nitrogen functional groups attached to an aromatic ring is 1. The molecule has 9 heteroatoms. The van der Waals surface area contributed by atoms with E-state index in [2.05, 4.69) is 31.0 Å². The number of rotatable bonds is 4. The number of hydrogen-bond acceptors (Lipinski definition) is 7. The van der Waals surface area contributed by atoms with E-state index in [9.17, 15) is 4.79 Å². The Balaban J connectivity index is 1.91. The highest BCUT2D eigenvalue weighted by atomic mass is 79.9. The quantitative estimate of drug-likeness (QED) is 0.407. The van der Waals surface area contributed by atoms with E-state index in [1.807, 2.05) is 12.1 Å². The van der Waals surface area contributed by atoms with Gasteiger partial charge in [-0.15, -0.1) is 0 Å². The zero-order valence-corrected chi connectivity index (χ0v) is 12.9. The zero-order valence-electron chi connectivity index (χ0n) is 11.3. The van der Waals surface area contributed by atoms with Crippen molar-refractivity contribution in [2.75, 3.05) is 10.7 Å². The number of nitrogens with zero attached hydrogens (tertiary/aromatic N) is 5. The summed E-state index contributed by atoms with van der Waals surface area (Å²) in [7, 11) is 0. The van der Waals surface area contributed by atoms with Crippen molar-refractivity contribution in [3.05, 3.63) is 46.5 Å². The Morgan fingerprint density at radius 3 is 3.00 bits per heavy atom. The molecule has 3 rings (SSSR count). The Kier molecular flexibility index (Phi) is 3.73. The number of hydrogen-bond donors (Lipinski definition) is 2. The van der Waals surface area contributed by atoms with Gasteiger partial charge in [-0.25, -0.2) is 20.3 Å². The second-order valence-electron chi connectivity index (χ2n) is 4.61. The molecule has 0 aliphatic heterocycles. The maximum Gasteiger partial charge on any atom is 0.187 e. The van der Waals surface area contributed by atoms with E-state index in [0.29, 0.717) is 28.0 Å². The van der Waals surface area contributed by atoms with Crippen LogP contribution < -0.4 is 16.6 Å². The van der Waals surface area contributed by atoms with E-state index in [-0.39, 0.29) is 5.82 Å². The summed E-state index contributed by atoms with van der Waals surface area (Å²) in [6, 6.07) is 3.70. The van der Waals surface area contributed by atoms with Gasteiger partial charge in [0.25, 0.3) is 0 Å². The molecule has 0 saturated carbocycles. The van der Waals surface area contributed by atoms with Crippen molar-refractivity contribution >= 4 is 39.4 Å². The first-order valence-electron chi connectivity index (χ1n) is 6.30. The number of halogens is 1. The number of nitrogens with two attached hydrogens (primary N) is 2. The summed E-state index contributed by atoms with van der Waals surface area (Å²) >= 11 is 3.23. The number of aromatic nitrogens is 4. The molecule has 0 saturated heterocycles. The SMILES string of the molecule is Nc1ncc(Br)nc1N(N)Cc1ccn2ncc(C=O)c2c1. The minimum atomic E-state index is 0.240. The lowest BCUT2D eigenvalue weighted by Crippen LogP contribution is -2.32. The summed E-state index contributed by atoms with van der Waals surface area (Å²) < 4.78 is 2.17. The van der Waals surface area contributed by atoms with Crippen molar-refractivity contribution in [1.29, 1.82) is 0 Å². The predicted octanol–water partition coefficient (Wildman–Crippen LogP) is 1.16. The van der Waals surface area contributed by atoms with Gasteiger partial charge in [0.05, 0.1) is 30.0 Å². The van der Waals surface area contributed by atoms with Gasteiger partial charge in [-0.2, -0.15) is 5.10 Å². The summed E-state index contributed by atoms with van der Waals surface area (Å²) in [5.41, 5.74) is 7.91. The lowest BCUT2D eigenvalue weighted by Gasteiger charge is -2.18. The van der Waals surface area contributed by atoms with Gasteiger partial charge in [0.15, 0.2) is 17.9 Å². The topological polar surface area (TPSA) is 115 Å². The monoisotopic (exact) mass is 361 g/mol. The lowest BCUT2D eigenvalue weighted by molar-refractivity contribution is 0.112. The highest BCUT2D eigenvalue weighted by Gasteiger charge is 2.12. The summed E-state index contributed by atoms with van der Waals surface area (Å²) in [5.74, 6) is 6.64. The minimum absolute atomic E-state index is 0.240. The molecule has 0 amide bonds. The molecule has 3 aromatic heterocycles. The summed E-state index contributed by atoms with van der Waals surface area (Å²) in [4.78, 5) is 19.2. The first-order valence-corrected chi connectivity index (χ1v) is 7.09. The minimum Gasteiger partial charge on any atom is -0.381 e. The Hall–Kier alpha value is -2.52. The number of carbonyl (C=O) groups is 1. The van der Waals surface area contributed by atoms with Crippen molar-refractivity contribution in [3.63, 3.8) is 0 Å². The van der Waals surface area contributed by atoms with Gasteiger partial charge < -0.3 is 5.73 Å². The third-order valence-electron chi connectivity index (χ3n) is 3.12. The van der Waals surface area contributed by atoms with E-state index in [0.717, 1.165) is 11.8 Å². The Bertz CT molecular complexity index is 848. The molecule has 3 heterocycles. The molecule has 22 heavy (non-hydrogen) atoms. The fraction of sp³-hybridized carbons (Fsp3) is 0.0769. The van der Waals surface area contributed by atoms with Crippen LogP contribution in [0.15, 0.2) is 35.3 Å². The fourth-order valence-electron chi connectivity index (χ4n) is 2.08. The van der Waals surface area contributed by atoms with Crippen LogP contribution in [-0.4, -0.2) is 25.9 Å². The number of hydrazine groups is 1. The number of anilines is 2. The fourth-order valence-corrected chi connectivity index (χ4v) is 2.35. The molecule has 112 valence electrons. The molecule has 0 bridgehead atoms. The van der Waals surface area contributed by atoms with Crippen LogP contribution >= 0.6 is 15.9 Å². The molecule has 3 aromatic rings. The van der Waals surface area contributed by atoms with Crippen LogP contribution in [0.2, 0.25) is 0 Å². The van der Waals surface area contributed by atoms with Gasteiger partial charge in [0, 0.05) is 6.20 Å². The molecule has 8 nitrogen and oxygen atoms in total. The molecule has 0 spiro atoms. The van der Waals surface area contributed by atoms with Gasteiger partial charge in [0.2, 0.25) is 0 Å². The van der Waals surface area contributed by atoms with Crippen molar-refractivity contribution in [3.8, 4) is 0 Å². The summed E-state index contributed by atoms with van der Waals surface area (Å²) in [6.07, 6.45) is 5.55. The van der Waals surface area contributed by atoms with Gasteiger partial charge in [-0.3, -0.25) is 9.80 Å². The average molecular weight is 362 g/mol. The van der Waals surface area contributed by atoms with Crippen LogP contribution in [-0.2, 0) is 6.54 Å². The maximum absolute atomic E-state index is 11.0. The second-order valence-corrected chi connectivity index (χ2v) is 5.42. The number of carbonyl (C=O) groups excluding carboxylic acids is 1. The van der Waals surface area contributed by atoms with Crippen LogP contribution in [0.25, 0.3) is 5.52 Å². The van der Waals surface area contributed by atoms with Crippen LogP contribution in [0.5, 0.6) is 0 Å². The molecule has 4 N–H and O–H groups in total. The highest BCUT2D eigenvalue weighted by Crippen LogP contribution is 2.20. The van der Waals surface area contributed by atoms with Crippen LogP contribution in [0.4, 0.5) is 11.6 Å². The van der Waals surface area contributed by atoms with Crippen LogP contribution in [0.3, 0.4) is 0 Å². The second kappa shape index (κ2) is 5.70. The van der Waals surface area contributed by atoms with Crippen molar-refractivity contribution in [2.24, 2.45) is 5.84 Å². The third kappa shape index (κ3) is 2.63. The number of aldehydes is 1. The molecule has 0 aliphatic carbocycles. The summed E-state index contributed by atoms with van der Waals surface area (Å²) in [5, 5.41) is 5.48. The molecular formula is C13H12BrN7O. The standard InChI is InChI=1S/C13H12BrN7O/c14-11-5-17-12(15)13(19-11)20(16)6-8-1-2-21-10(3-8)9(7-22)4-18-21/h1-5,7H,6,16H2,(H2,15,17). The highest BCUT2D eigenvalue weighted by molar-refractivity contribution is 9.10. The van der Waals surface area contributed by atoms with E-state index in [4.69, 9.17) is 11.6 Å². The maximum atomic E-state index is 11.0. The molecule has 0 fully saturated rings. The molecule has 0 radical (unpaired) electrons. The number of pyridine rings is 1. The Labute approximate surface area is 133 Å². The lowest BCUT2D eigenvalue weighted by atomic mass is 10.2. The van der Waals surface area contributed by atoms with Gasteiger partial charge >= 0.3 is 0 Å². The predicted molar refractivity (Wildman–Crippen MR) is 85.1 cm³/mol. The first-order chi connectivity index (χ1) is 10.6. The van der Waals surface area contributed by atoms with Crippen LogP contribution in [0, 0.1) is 0 Å². The van der Waals surface area contributed by atoms with E-state index in [1.54, 1.807) is 10.7 Å². The first kappa shape index (κ1) is 14.4. The summed E-state index contributed by atoms with van der Waals surface area (Å²) in [6.45, 7) is 0.356. The normalized spacial score (nSPS) is 10.8. The van der Waals surface area contributed by atoms with Crippen molar-refractivity contribution in [1.82, 2.24) is 19.6 Å². The zero-order chi connectivity index (χ0) is 15.7. The largest absolute Gasteiger partial charge is 0.381 e. The average Bonchev–Trinajstić information content (AvgIpc) is 2.92. The van der Waals surface area contributed by atoms with Gasteiger partial charge in [-0.05, 0) is 33.6 Å². The molecule has 0 aliphatic rings. The number of fused-ring (bicyclic) bond motifs is 1. The van der Waals surface area contributed by atoms with Gasteiger partial charge in [0.1, 0.15) is 4.60 Å². The Morgan fingerprint density at radius 2 is 2.23 bits per heavy atom. The van der Waals surface area contributed by atoms with Gasteiger partial charge in [-0.1, -0.05) is 0 Å². The smallest absolute Gasteiger partial charge is 0.187 e. The van der Waals surface area contributed by atoms with E-state index < -0.39 is 0 Å². The molecule has 0 atom stereocenters. The van der Waals surface area contributed by atoms with Crippen molar-refractivity contribution in [2.45, 2.75) is 6.54 Å². The molecular weight excluding hydrogens is 350 g/mol.